The van der Waals surface area contributed by atoms with Crippen molar-refractivity contribution in [2.45, 2.75) is 12.3 Å². The SMILES string of the molecule is CC1(c2ccccc2)c2ccccc2-c2c(-c3cccc(N(c4ccc(-c5cccc6ccccc56)cc4)c4cccc5ccccc45)c3)cccc21. The average Bonchev–Trinajstić information content (AvgIpc) is 3.50. The highest BCUT2D eigenvalue weighted by Gasteiger charge is 2.41. The predicted octanol–water partition coefficient (Wildman–Crippen LogP) is 14.1. The zero-order chi connectivity index (χ0) is 35.4. The van der Waals surface area contributed by atoms with Crippen LogP contribution < -0.4 is 4.90 Å². The van der Waals surface area contributed by atoms with E-state index in [1.165, 1.54) is 71.6 Å². The maximum atomic E-state index is 2.42. The highest BCUT2D eigenvalue weighted by Crippen LogP contribution is 2.55. The molecule has 1 heteroatoms. The highest BCUT2D eigenvalue weighted by molar-refractivity contribution is 6.01. The van der Waals surface area contributed by atoms with Gasteiger partial charge in [-0.15, -0.1) is 0 Å². The zero-order valence-corrected chi connectivity index (χ0v) is 29.6. The van der Waals surface area contributed by atoms with Crippen LogP contribution in [0.5, 0.6) is 0 Å². The van der Waals surface area contributed by atoms with Crippen molar-refractivity contribution < 1.29 is 0 Å². The molecule has 0 aromatic heterocycles. The van der Waals surface area contributed by atoms with Crippen molar-refractivity contribution in [3.8, 4) is 33.4 Å². The molecule has 0 saturated carbocycles. The summed E-state index contributed by atoms with van der Waals surface area (Å²) in [7, 11) is 0. The van der Waals surface area contributed by atoms with Gasteiger partial charge in [0, 0.05) is 22.2 Å². The molecule has 1 atom stereocenters. The summed E-state index contributed by atoms with van der Waals surface area (Å²) in [5.41, 5.74) is 14.7. The number of anilines is 3. The fraction of sp³-hybridized carbons (Fsp3) is 0.0385. The van der Waals surface area contributed by atoms with Crippen LogP contribution >= 0.6 is 0 Å². The molecule has 0 aliphatic heterocycles. The molecule has 53 heavy (non-hydrogen) atoms. The third-order valence-electron chi connectivity index (χ3n) is 11.3. The molecule has 0 spiro atoms. The van der Waals surface area contributed by atoms with Crippen LogP contribution in [0.2, 0.25) is 0 Å². The Morgan fingerprint density at radius 1 is 0.377 bits per heavy atom. The third kappa shape index (κ3) is 5.00. The van der Waals surface area contributed by atoms with Crippen molar-refractivity contribution in [3.63, 3.8) is 0 Å². The van der Waals surface area contributed by atoms with Crippen molar-refractivity contribution in [1.29, 1.82) is 0 Å². The second-order valence-corrected chi connectivity index (χ2v) is 14.2. The average molecular weight is 676 g/mol. The maximum Gasteiger partial charge on any atom is 0.0540 e. The molecule has 0 amide bonds. The summed E-state index contributed by atoms with van der Waals surface area (Å²) < 4.78 is 0. The molecular weight excluding hydrogens is 639 g/mol. The van der Waals surface area contributed by atoms with Gasteiger partial charge in [0.15, 0.2) is 0 Å². The lowest BCUT2D eigenvalue weighted by molar-refractivity contribution is 0.714. The number of hydrogen-bond donors (Lipinski definition) is 0. The monoisotopic (exact) mass is 675 g/mol. The van der Waals surface area contributed by atoms with E-state index in [2.05, 4.69) is 218 Å². The molecule has 9 aromatic carbocycles. The van der Waals surface area contributed by atoms with Gasteiger partial charge in [-0.2, -0.15) is 0 Å². The summed E-state index contributed by atoms with van der Waals surface area (Å²) in [5.74, 6) is 0. The van der Waals surface area contributed by atoms with Crippen LogP contribution in [0.4, 0.5) is 17.1 Å². The van der Waals surface area contributed by atoms with Gasteiger partial charge in [0.25, 0.3) is 0 Å². The summed E-state index contributed by atoms with van der Waals surface area (Å²) in [6, 6.07) is 75.5. The minimum Gasteiger partial charge on any atom is -0.310 e. The lowest BCUT2D eigenvalue weighted by atomic mass is 9.74. The lowest BCUT2D eigenvalue weighted by Gasteiger charge is -2.29. The van der Waals surface area contributed by atoms with E-state index in [0.717, 1.165) is 17.1 Å². The molecule has 1 unspecified atom stereocenters. The predicted molar refractivity (Wildman–Crippen MR) is 224 cm³/mol. The van der Waals surface area contributed by atoms with Crippen LogP contribution in [0, 0.1) is 0 Å². The number of nitrogens with zero attached hydrogens (tertiary/aromatic N) is 1. The van der Waals surface area contributed by atoms with Gasteiger partial charge < -0.3 is 4.90 Å². The summed E-state index contributed by atoms with van der Waals surface area (Å²) >= 11 is 0. The Kier molecular flexibility index (Phi) is 7.33. The third-order valence-corrected chi connectivity index (χ3v) is 11.3. The minimum atomic E-state index is -0.248. The summed E-state index contributed by atoms with van der Waals surface area (Å²) in [6.45, 7) is 2.39. The molecule has 9 aromatic rings. The Hall–Kier alpha value is -6.70. The molecule has 1 aliphatic carbocycles. The van der Waals surface area contributed by atoms with Crippen LogP contribution in [0.15, 0.2) is 206 Å². The van der Waals surface area contributed by atoms with Crippen LogP contribution in [0.3, 0.4) is 0 Å². The topological polar surface area (TPSA) is 3.24 Å². The summed E-state index contributed by atoms with van der Waals surface area (Å²) in [4.78, 5) is 2.42. The number of hydrogen-bond acceptors (Lipinski definition) is 1. The number of benzene rings is 9. The van der Waals surface area contributed by atoms with Gasteiger partial charge >= 0.3 is 0 Å². The fourth-order valence-corrected chi connectivity index (χ4v) is 8.77. The van der Waals surface area contributed by atoms with E-state index in [1.807, 2.05) is 0 Å². The maximum absolute atomic E-state index is 2.42. The van der Waals surface area contributed by atoms with Crippen molar-refractivity contribution in [3.05, 3.63) is 223 Å². The van der Waals surface area contributed by atoms with Gasteiger partial charge in [-0.1, -0.05) is 176 Å². The van der Waals surface area contributed by atoms with E-state index in [9.17, 15) is 0 Å². The van der Waals surface area contributed by atoms with Gasteiger partial charge in [-0.3, -0.25) is 0 Å². The van der Waals surface area contributed by atoms with Gasteiger partial charge in [0.2, 0.25) is 0 Å². The Bertz CT molecular complexity index is 2790. The van der Waals surface area contributed by atoms with Crippen LogP contribution in [0.25, 0.3) is 54.9 Å². The molecule has 0 saturated heterocycles. The molecule has 0 fully saturated rings. The highest BCUT2D eigenvalue weighted by atomic mass is 15.1. The summed E-state index contributed by atoms with van der Waals surface area (Å²) in [5, 5.41) is 4.95. The van der Waals surface area contributed by atoms with Crippen LogP contribution in [-0.4, -0.2) is 0 Å². The number of rotatable bonds is 6. The van der Waals surface area contributed by atoms with Gasteiger partial charge in [0.05, 0.1) is 5.69 Å². The Labute approximate surface area is 311 Å². The molecule has 0 heterocycles. The van der Waals surface area contributed by atoms with E-state index in [4.69, 9.17) is 0 Å². The molecule has 1 aliphatic rings. The Balaban J connectivity index is 1.14. The van der Waals surface area contributed by atoms with Crippen molar-refractivity contribution in [1.82, 2.24) is 0 Å². The van der Waals surface area contributed by atoms with E-state index in [0.29, 0.717) is 0 Å². The first kappa shape index (κ1) is 31.1. The number of fused-ring (bicyclic) bond motifs is 5. The first-order chi connectivity index (χ1) is 26.2. The lowest BCUT2D eigenvalue weighted by Crippen LogP contribution is -2.22. The zero-order valence-electron chi connectivity index (χ0n) is 29.6. The van der Waals surface area contributed by atoms with Gasteiger partial charge in [0.1, 0.15) is 0 Å². The van der Waals surface area contributed by atoms with Crippen molar-refractivity contribution >= 4 is 38.6 Å². The van der Waals surface area contributed by atoms with Gasteiger partial charge in [-0.25, -0.2) is 0 Å². The van der Waals surface area contributed by atoms with Crippen LogP contribution in [0.1, 0.15) is 23.6 Å². The van der Waals surface area contributed by atoms with Crippen LogP contribution in [-0.2, 0) is 5.41 Å². The first-order valence-electron chi connectivity index (χ1n) is 18.4. The molecular formula is C52H37N. The van der Waals surface area contributed by atoms with E-state index >= 15 is 0 Å². The Morgan fingerprint density at radius 3 is 1.79 bits per heavy atom. The second-order valence-electron chi connectivity index (χ2n) is 14.2. The first-order valence-corrected chi connectivity index (χ1v) is 18.4. The molecule has 0 bridgehead atoms. The normalized spacial score (nSPS) is 14.6. The molecule has 0 N–H and O–H groups in total. The summed E-state index contributed by atoms with van der Waals surface area (Å²) in [6.07, 6.45) is 0. The second kappa shape index (κ2) is 12.5. The van der Waals surface area contributed by atoms with E-state index in [-0.39, 0.29) is 5.41 Å². The quantitative estimate of drug-likeness (QED) is 0.170. The largest absolute Gasteiger partial charge is 0.310 e. The molecule has 10 rings (SSSR count). The van der Waals surface area contributed by atoms with Gasteiger partial charge in [-0.05, 0) is 103 Å². The Morgan fingerprint density at radius 2 is 0.962 bits per heavy atom. The molecule has 1 nitrogen and oxygen atoms in total. The molecule has 0 radical (unpaired) electrons. The van der Waals surface area contributed by atoms with Crippen molar-refractivity contribution in [2.24, 2.45) is 0 Å². The minimum absolute atomic E-state index is 0.248. The van der Waals surface area contributed by atoms with E-state index < -0.39 is 0 Å². The molecule has 250 valence electrons. The smallest absolute Gasteiger partial charge is 0.0540 e. The fourth-order valence-electron chi connectivity index (χ4n) is 8.77. The standard InChI is InChI=1S/C52H37N/c1-52(40-20-3-2-4-21-40)48-28-10-9-25-47(48)51-46(27-14-29-49(51)52)39-19-11-22-42(35-39)53(50-30-13-18-37-16-6-8-24-45(37)50)41-33-31-38(32-34-41)44-26-12-17-36-15-5-7-23-43(36)44/h2-35H,1H3. The van der Waals surface area contributed by atoms with E-state index in [1.54, 1.807) is 0 Å². The van der Waals surface area contributed by atoms with Crippen molar-refractivity contribution in [2.75, 3.05) is 4.90 Å².